The number of aromatic amines is 1. The van der Waals surface area contributed by atoms with Crippen molar-refractivity contribution in [2.24, 2.45) is 5.92 Å². The minimum atomic E-state index is -0.233. The van der Waals surface area contributed by atoms with Gasteiger partial charge in [0.05, 0.1) is 6.04 Å². The maximum absolute atomic E-state index is 13.1. The smallest absolute Gasteiger partial charge is 0.237 e. The van der Waals surface area contributed by atoms with Gasteiger partial charge in [0, 0.05) is 43.3 Å². The monoisotopic (exact) mass is 418 g/mol. The van der Waals surface area contributed by atoms with Crippen LogP contribution in [-0.2, 0) is 24.2 Å². The molecule has 1 aliphatic heterocycles. The van der Waals surface area contributed by atoms with Crippen LogP contribution >= 0.6 is 0 Å². The normalized spacial score (nSPS) is 15.2. The third-order valence-electron chi connectivity index (χ3n) is 6.12. The molecular weight excluding hydrogens is 384 g/mol. The van der Waals surface area contributed by atoms with Gasteiger partial charge >= 0.3 is 0 Å². The van der Waals surface area contributed by atoms with Gasteiger partial charge < -0.3 is 15.6 Å². The van der Waals surface area contributed by atoms with Crippen molar-refractivity contribution in [3.63, 3.8) is 0 Å². The van der Waals surface area contributed by atoms with Crippen molar-refractivity contribution in [2.75, 3.05) is 26.2 Å². The lowest BCUT2D eigenvalue weighted by molar-refractivity contribution is -0.123. The summed E-state index contributed by atoms with van der Waals surface area (Å²) in [7, 11) is 0. The predicted octanol–water partition coefficient (Wildman–Crippen LogP) is 3.50. The second-order valence-corrected chi connectivity index (χ2v) is 9.00. The van der Waals surface area contributed by atoms with Gasteiger partial charge in [0.2, 0.25) is 5.91 Å². The first-order chi connectivity index (χ1) is 15.1. The summed E-state index contributed by atoms with van der Waals surface area (Å²) in [5, 5.41) is 7.86. The predicted molar refractivity (Wildman–Crippen MR) is 127 cm³/mol. The second-order valence-electron chi connectivity index (χ2n) is 9.00. The van der Waals surface area contributed by atoms with Crippen molar-refractivity contribution in [3.8, 4) is 0 Å². The summed E-state index contributed by atoms with van der Waals surface area (Å²) in [6.07, 6.45) is 3.80. The zero-order valence-corrected chi connectivity index (χ0v) is 18.7. The van der Waals surface area contributed by atoms with Crippen molar-refractivity contribution in [1.29, 1.82) is 0 Å². The Hall–Kier alpha value is -2.63. The zero-order chi connectivity index (χ0) is 21.6. The molecule has 164 valence electrons. The van der Waals surface area contributed by atoms with Gasteiger partial charge in [-0.1, -0.05) is 56.3 Å². The molecule has 5 nitrogen and oxygen atoms in total. The molecule has 4 rings (SSSR count). The van der Waals surface area contributed by atoms with Crippen molar-refractivity contribution in [3.05, 3.63) is 71.4 Å². The van der Waals surface area contributed by atoms with Crippen molar-refractivity contribution in [2.45, 2.75) is 39.3 Å². The van der Waals surface area contributed by atoms with Crippen LogP contribution < -0.4 is 10.6 Å². The zero-order valence-electron chi connectivity index (χ0n) is 18.7. The van der Waals surface area contributed by atoms with E-state index in [-0.39, 0.29) is 11.9 Å². The van der Waals surface area contributed by atoms with E-state index >= 15 is 0 Å². The average Bonchev–Trinajstić information content (AvgIpc) is 3.19. The first-order valence-electron chi connectivity index (χ1n) is 11.5. The molecule has 1 amide bonds. The van der Waals surface area contributed by atoms with Crippen LogP contribution in [0.2, 0.25) is 0 Å². The quantitative estimate of drug-likeness (QED) is 0.498. The van der Waals surface area contributed by atoms with E-state index in [0.717, 1.165) is 38.1 Å². The largest absolute Gasteiger partial charge is 0.361 e. The van der Waals surface area contributed by atoms with Crippen molar-refractivity contribution < 1.29 is 4.79 Å². The molecule has 0 bridgehead atoms. The Morgan fingerprint density at radius 2 is 1.87 bits per heavy atom. The summed E-state index contributed by atoms with van der Waals surface area (Å²) in [6.45, 7) is 8.74. The molecule has 2 aromatic carbocycles. The fourth-order valence-electron chi connectivity index (χ4n) is 4.36. The Morgan fingerprint density at radius 1 is 1.10 bits per heavy atom. The Kier molecular flexibility index (Phi) is 7.05. The van der Waals surface area contributed by atoms with Crippen LogP contribution in [0.3, 0.4) is 0 Å². The first kappa shape index (κ1) is 21.6. The van der Waals surface area contributed by atoms with Crippen LogP contribution in [0, 0.1) is 5.92 Å². The number of amides is 1. The van der Waals surface area contributed by atoms with Crippen LogP contribution in [0.4, 0.5) is 0 Å². The molecule has 2 heterocycles. The summed E-state index contributed by atoms with van der Waals surface area (Å²) in [4.78, 5) is 18.8. The highest BCUT2D eigenvalue weighted by Crippen LogP contribution is 2.20. The minimum absolute atomic E-state index is 0.0864. The van der Waals surface area contributed by atoms with Gasteiger partial charge in [0.1, 0.15) is 0 Å². The highest BCUT2D eigenvalue weighted by atomic mass is 16.2. The van der Waals surface area contributed by atoms with E-state index in [9.17, 15) is 4.79 Å². The SMILES string of the molecule is CC(C)CN[C@H](Cc1c[nH]c2ccccc12)C(=O)NCCN1CCc2ccccc2C1. The molecule has 31 heavy (non-hydrogen) atoms. The molecule has 3 aromatic rings. The summed E-state index contributed by atoms with van der Waals surface area (Å²) in [6, 6.07) is 16.7. The number of fused-ring (bicyclic) bond motifs is 2. The van der Waals surface area contributed by atoms with Crippen LogP contribution in [0.5, 0.6) is 0 Å². The summed E-state index contributed by atoms with van der Waals surface area (Å²) in [5.41, 5.74) is 5.17. The lowest BCUT2D eigenvalue weighted by Crippen LogP contribution is -2.48. The van der Waals surface area contributed by atoms with Gasteiger partial charge in [-0.05, 0) is 48.1 Å². The maximum atomic E-state index is 13.1. The van der Waals surface area contributed by atoms with Crippen molar-refractivity contribution in [1.82, 2.24) is 20.5 Å². The van der Waals surface area contributed by atoms with E-state index in [1.165, 1.54) is 22.1 Å². The van der Waals surface area contributed by atoms with Crippen molar-refractivity contribution >= 4 is 16.8 Å². The topological polar surface area (TPSA) is 60.2 Å². The number of para-hydroxylation sites is 1. The number of hydrogen-bond donors (Lipinski definition) is 3. The molecule has 0 radical (unpaired) electrons. The summed E-state index contributed by atoms with van der Waals surface area (Å²) < 4.78 is 0. The number of rotatable bonds is 9. The fourth-order valence-corrected chi connectivity index (χ4v) is 4.36. The molecular formula is C26H34N4O. The summed E-state index contributed by atoms with van der Waals surface area (Å²) >= 11 is 0. The average molecular weight is 419 g/mol. The third kappa shape index (κ3) is 5.54. The van der Waals surface area contributed by atoms with Gasteiger partial charge in [-0.3, -0.25) is 9.69 Å². The molecule has 0 saturated carbocycles. The van der Waals surface area contributed by atoms with E-state index in [1.54, 1.807) is 0 Å². The Bertz CT molecular complexity index is 1010. The Labute approximate surface area is 185 Å². The van der Waals surface area contributed by atoms with Gasteiger partial charge in [0.15, 0.2) is 0 Å². The van der Waals surface area contributed by atoms with Crippen LogP contribution in [0.15, 0.2) is 54.7 Å². The molecule has 1 aromatic heterocycles. The standard InChI is InChI=1S/C26H34N4O/c1-19(2)16-28-25(15-22-17-29-24-10-6-5-9-23(22)24)26(31)27-12-14-30-13-11-20-7-3-4-8-21(20)18-30/h3-10,17,19,25,28-29H,11-16,18H2,1-2H3,(H,27,31)/t25-/m1/s1. The molecule has 0 saturated heterocycles. The van der Waals surface area contributed by atoms with Crippen LogP contribution in [-0.4, -0.2) is 48.0 Å². The second kappa shape index (κ2) is 10.1. The first-order valence-corrected chi connectivity index (χ1v) is 11.5. The number of hydrogen-bond acceptors (Lipinski definition) is 3. The highest BCUT2D eigenvalue weighted by molar-refractivity contribution is 5.86. The van der Waals surface area contributed by atoms with E-state index < -0.39 is 0 Å². The molecule has 3 N–H and O–H groups in total. The molecule has 0 spiro atoms. The molecule has 5 heteroatoms. The van der Waals surface area contributed by atoms with Gasteiger partial charge in [-0.15, -0.1) is 0 Å². The van der Waals surface area contributed by atoms with Crippen LogP contribution in [0.1, 0.15) is 30.5 Å². The third-order valence-corrected chi connectivity index (χ3v) is 6.12. The number of aromatic nitrogens is 1. The number of carbonyl (C=O) groups is 1. The molecule has 1 atom stereocenters. The number of carbonyl (C=O) groups excluding carboxylic acids is 1. The lowest BCUT2D eigenvalue weighted by Gasteiger charge is -2.29. The fraction of sp³-hybridized carbons (Fsp3) is 0.423. The molecule has 0 aliphatic carbocycles. The van der Waals surface area contributed by atoms with E-state index in [1.807, 2.05) is 18.3 Å². The highest BCUT2D eigenvalue weighted by Gasteiger charge is 2.21. The molecule has 1 aliphatic rings. The van der Waals surface area contributed by atoms with Gasteiger partial charge in [0.25, 0.3) is 0 Å². The molecule has 0 fully saturated rings. The van der Waals surface area contributed by atoms with Crippen LogP contribution in [0.25, 0.3) is 10.9 Å². The number of nitrogens with zero attached hydrogens (tertiary/aromatic N) is 1. The molecule has 0 unspecified atom stereocenters. The lowest BCUT2D eigenvalue weighted by atomic mass is 10.00. The van der Waals surface area contributed by atoms with Gasteiger partial charge in [-0.2, -0.15) is 0 Å². The minimum Gasteiger partial charge on any atom is -0.361 e. The Morgan fingerprint density at radius 3 is 2.71 bits per heavy atom. The van der Waals surface area contributed by atoms with E-state index in [4.69, 9.17) is 0 Å². The van der Waals surface area contributed by atoms with E-state index in [0.29, 0.717) is 18.9 Å². The number of benzene rings is 2. The maximum Gasteiger partial charge on any atom is 0.237 e. The number of H-pyrrole nitrogens is 1. The van der Waals surface area contributed by atoms with E-state index in [2.05, 4.69) is 70.8 Å². The number of nitrogens with one attached hydrogen (secondary N) is 3. The Balaban J connectivity index is 1.34. The van der Waals surface area contributed by atoms with Gasteiger partial charge in [-0.25, -0.2) is 0 Å². The summed E-state index contributed by atoms with van der Waals surface area (Å²) in [5.74, 6) is 0.579.